The van der Waals surface area contributed by atoms with Gasteiger partial charge in [-0.2, -0.15) is 0 Å². The predicted octanol–water partition coefficient (Wildman–Crippen LogP) is 3.38. The highest BCUT2D eigenvalue weighted by Gasteiger charge is 2.38. The van der Waals surface area contributed by atoms with Crippen molar-refractivity contribution in [2.24, 2.45) is 11.8 Å². The van der Waals surface area contributed by atoms with Crippen LogP contribution in [0.5, 0.6) is 0 Å². The van der Waals surface area contributed by atoms with Crippen molar-refractivity contribution in [1.82, 2.24) is 20.9 Å². The monoisotopic (exact) mass is 713 g/mol. The lowest BCUT2D eigenvalue weighted by Gasteiger charge is -2.26. The fraction of sp³-hybridized carbons (Fsp3) is 0.639. The number of hydrogen-bond donors (Lipinski definition) is 5. The van der Waals surface area contributed by atoms with Crippen LogP contribution in [0, 0.1) is 11.8 Å². The summed E-state index contributed by atoms with van der Waals surface area (Å²) in [6.45, 7) is 0.930. The number of unbranched alkanes of at least 4 members (excludes halogenated alkanes) is 4. The van der Waals surface area contributed by atoms with Crippen LogP contribution in [0.25, 0.3) is 0 Å². The summed E-state index contributed by atoms with van der Waals surface area (Å²) >= 11 is 1.48. The fourth-order valence-corrected chi connectivity index (χ4v) is 7.85. The van der Waals surface area contributed by atoms with Crippen molar-refractivity contribution in [1.29, 1.82) is 0 Å². The van der Waals surface area contributed by atoms with Crippen LogP contribution in [0.1, 0.15) is 96.3 Å². The van der Waals surface area contributed by atoms with Crippen LogP contribution in [0.3, 0.4) is 0 Å². The number of likely N-dealkylation sites (tertiary alicyclic amines) is 1. The van der Waals surface area contributed by atoms with Crippen LogP contribution in [0.2, 0.25) is 0 Å². The number of nitrogens with one attached hydrogen (secondary N) is 4. The van der Waals surface area contributed by atoms with E-state index in [9.17, 15) is 33.6 Å². The van der Waals surface area contributed by atoms with E-state index in [0.29, 0.717) is 81.8 Å². The second-order valence-corrected chi connectivity index (χ2v) is 14.9. The van der Waals surface area contributed by atoms with Crippen LogP contribution >= 0.6 is 11.8 Å². The van der Waals surface area contributed by atoms with Gasteiger partial charge in [0.15, 0.2) is 0 Å². The summed E-state index contributed by atoms with van der Waals surface area (Å²) in [4.78, 5) is 87.5. The average molecular weight is 714 g/mol. The Labute approximate surface area is 297 Å². The molecule has 3 aliphatic rings. The second kappa shape index (κ2) is 20.0. The zero-order valence-electron chi connectivity index (χ0n) is 28.7. The highest BCUT2D eigenvalue weighted by molar-refractivity contribution is 8.00. The summed E-state index contributed by atoms with van der Waals surface area (Å²) < 4.78 is 0. The summed E-state index contributed by atoms with van der Waals surface area (Å²) in [5.74, 6) is -1.20. The van der Waals surface area contributed by atoms with Crippen LogP contribution in [-0.2, 0) is 33.6 Å². The maximum absolute atomic E-state index is 13.0. The largest absolute Gasteiger partial charge is 0.481 e. The topological polar surface area (TPSA) is 191 Å². The minimum atomic E-state index is -0.762. The molecule has 0 bridgehead atoms. The Kier molecular flexibility index (Phi) is 15.6. The Morgan fingerprint density at radius 1 is 0.920 bits per heavy atom. The molecular weight excluding hydrogens is 662 g/mol. The molecule has 13 nitrogen and oxygen atoms in total. The molecule has 6 amide bonds. The molecule has 1 unspecified atom stereocenters. The number of imide groups is 1. The van der Waals surface area contributed by atoms with E-state index in [2.05, 4.69) is 21.3 Å². The summed E-state index contributed by atoms with van der Waals surface area (Å²) in [7, 11) is 0. The average Bonchev–Trinajstić information content (AvgIpc) is 3.66. The van der Waals surface area contributed by atoms with E-state index in [0.717, 1.165) is 32.1 Å². The lowest BCUT2D eigenvalue weighted by Crippen LogP contribution is -2.50. The maximum Gasteiger partial charge on any atom is 0.306 e. The van der Waals surface area contributed by atoms with Gasteiger partial charge in [0.2, 0.25) is 35.4 Å². The number of carboxylic acid groups (broad SMARTS) is 1. The first kappa shape index (κ1) is 38.9. The molecule has 4 rings (SSSR count). The molecule has 2 saturated heterocycles. The Hall–Kier alpha value is -3.94. The van der Waals surface area contributed by atoms with Gasteiger partial charge in [-0.15, -0.1) is 11.8 Å². The standard InChI is InChI=1S/C36H51N5O8S/c42-30(37-23-24-14-16-25(17-15-24)36(48)49)13-7-2-8-20-41-32(44)22-29(35(41)47)50-21-9-3-6-12-27(33(45)38-26-10-4-1-5-11-26)40-34(46)28-18-19-31(43)39-28/h1,4-5,10-11,24-25,27-29H,2-3,6-9,12-23H2,(H,37,42)(H,38,45)(H,39,43)(H,40,46)(H,48,49)/t24?,25?,27-,28+,29?/m0/s1. The van der Waals surface area contributed by atoms with Gasteiger partial charge in [0.1, 0.15) is 12.1 Å². The second-order valence-electron chi connectivity index (χ2n) is 13.5. The quantitative estimate of drug-likeness (QED) is 0.0996. The van der Waals surface area contributed by atoms with Crippen molar-refractivity contribution >= 4 is 58.9 Å². The lowest BCUT2D eigenvalue weighted by atomic mass is 9.82. The van der Waals surface area contributed by atoms with Crippen LogP contribution in [-0.4, -0.2) is 87.6 Å². The van der Waals surface area contributed by atoms with E-state index < -0.39 is 23.3 Å². The number of carbonyl (C=O) groups is 7. The van der Waals surface area contributed by atoms with Gasteiger partial charge < -0.3 is 26.4 Å². The molecule has 274 valence electrons. The molecule has 14 heteroatoms. The first-order valence-electron chi connectivity index (χ1n) is 18.0. The summed E-state index contributed by atoms with van der Waals surface area (Å²) in [5, 5.41) is 20.0. The van der Waals surface area contributed by atoms with Gasteiger partial charge in [-0.25, -0.2) is 0 Å². The zero-order valence-corrected chi connectivity index (χ0v) is 29.5. The number of nitrogens with zero attached hydrogens (tertiary/aromatic N) is 1. The summed E-state index contributed by atoms with van der Waals surface area (Å²) in [6.07, 6.45) is 8.89. The van der Waals surface area contributed by atoms with Gasteiger partial charge in [-0.3, -0.25) is 38.5 Å². The van der Waals surface area contributed by atoms with E-state index in [1.165, 1.54) is 16.7 Å². The number of aliphatic carboxylic acids is 1. The van der Waals surface area contributed by atoms with Crippen LogP contribution in [0.4, 0.5) is 5.69 Å². The van der Waals surface area contributed by atoms with Crippen LogP contribution in [0.15, 0.2) is 30.3 Å². The molecule has 1 saturated carbocycles. The van der Waals surface area contributed by atoms with E-state index in [1.54, 1.807) is 12.1 Å². The number of rotatable bonds is 20. The molecule has 3 atom stereocenters. The van der Waals surface area contributed by atoms with E-state index >= 15 is 0 Å². The number of anilines is 1. The van der Waals surface area contributed by atoms with Gasteiger partial charge in [0.25, 0.3) is 0 Å². The Bertz CT molecular complexity index is 1350. The molecule has 0 radical (unpaired) electrons. The van der Waals surface area contributed by atoms with Gasteiger partial charge in [0, 0.05) is 38.0 Å². The molecule has 1 aromatic carbocycles. The van der Waals surface area contributed by atoms with Crippen molar-refractivity contribution in [3.8, 4) is 0 Å². The van der Waals surface area contributed by atoms with Gasteiger partial charge in [0.05, 0.1) is 11.2 Å². The predicted molar refractivity (Wildman–Crippen MR) is 189 cm³/mol. The Balaban J connectivity index is 1.08. The number of para-hydroxylation sites is 1. The number of hydrogen-bond acceptors (Lipinski definition) is 8. The number of carbonyl (C=O) groups excluding carboxylic acids is 6. The normalized spacial score (nSPS) is 22.6. The van der Waals surface area contributed by atoms with Crippen LogP contribution < -0.4 is 21.3 Å². The third-order valence-corrected chi connectivity index (χ3v) is 11.0. The molecule has 50 heavy (non-hydrogen) atoms. The van der Waals surface area contributed by atoms with Crippen molar-refractivity contribution in [3.05, 3.63) is 30.3 Å². The SMILES string of the molecule is O=C(CCCCCN1C(=O)CC(SCCCCC[C@H](NC(=O)[C@H]2CCC(=O)N2)C(=O)Nc2ccccc2)C1=O)NCC1CCC(C(=O)O)CC1. The molecule has 5 N–H and O–H groups in total. The smallest absolute Gasteiger partial charge is 0.306 e. The molecule has 1 aromatic rings. The van der Waals surface area contributed by atoms with Gasteiger partial charge in [-0.1, -0.05) is 37.5 Å². The highest BCUT2D eigenvalue weighted by atomic mass is 32.2. The molecule has 3 fully saturated rings. The molecule has 0 aromatic heterocycles. The molecule has 0 spiro atoms. The van der Waals surface area contributed by atoms with Crippen molar-refractivity contribution in [2.75, 3.05) is 24.2 Å². The summed E-state index contributed by atoms with van der Waals surface area (Å²) in [5.41, 5.74) is 0.626. The Morgan fingerprint density at radius 3 is 2.36 bits per heavy atom. The van der Waals surface area contributed by atoms with Crippen molar-refractivity contribution < 1.29 is 38.7 Å². The highest BCUT2D eigenvalue weighted by Crippen LogP contribution is 2.29. The minimum Gasteiger partial charge on any atom is -0.481 e. The first-order valence-corrected chi connectivity index (χ1v) is 19.1. The molecule has 1 aliphatic carbocycles. The molecular formula is C36H51N5O8S. The third-order valence-electron chi connectivity index (χ3n) is 9.71. The fourth-order valence-electron chi connectivity index (χ4n) is 6.67. The third kappa shape index (κ3) is 12.4. The number of carboxylic acids is 1. The van der Waals surface area contributed by atoms with E-state index in [4.69, 9.17) is 5.11 Å². The van der Waals surface area contributed by atoms with Gasteiger partial charge >= 0.3 is 5.97 Å². The summed E-state index contributed by atoms with van der Waals surface area (Å²) in [6, 6.07) is 7.59. The van der Waals surface area contributed by atoms with E-state index in [1.807, 2.05) is 18.2 Å². The van der Waals surface area contributed by atoms with Gasteiger partial charge in [-0.05, 0) is 81.6 Å². The minimum absolute atomic E-state index is 0.0232. The lowest BCUT2D eigenvalue weighted by molar-refractivity contribution is -0.143. The first-order chi connectivity index (χ1) is 24.1. The Morgan fingerprint density at radius 2 is 1.66 bits per heavy atom. The maximum atomic E-state index is 13.0. The van der Waals surface area contributed by atoms with Crippen molar-refractivity contribution in [2.45, 2.75) is 114 Å². The number of amides is 6. The number of benzene rings is 1. The molecule has 2 heterocycles. The molecule has 2 aliphatic heterocycles. The van der Waals surface area contributed by atoms with Crippen molar-refractivity contribution in [3.63, 3.8) is 0 Å². The van der Waals surface area contributed by atoms with E-state index in [-0.39, 0.29) is 54.2 Å². The zero-order chi connectivity index (χ0) is 35.9. The number of thioether (sulfide) groups is 1.